The number of aryl methyl sites for hydroxylation is 1. The van der Waals surface area contributed by atoms with E-state index in [1.54, 1.807) is 12.1 Å². The van der Waals surface area contributed by atoms with Gasteiger partial charge in [-0.15, -0.1) is 24.0 Å². The van der Waals surface area contributed by atoms with Gasteiger partial charge in [0.2, 0.25) is 0 Å². The summed E-state index contributed by atoms with van der Waals surface area (Å²) >= 11 is 0. The second-order valence-corrected chi connectivity index (χ2v) is 7.50. The normalized spacial score (nSPS) is 11.8. The third-order valence-corrected chi connectivity index (χ3v) is 3.89. The van der Waals surface area contributed by atoms with Crippen LogP contribution in [0, 0.1) is 6.92 Å². The summed E-state index contributed by atoms with van der Waals surface area (Å²) in [6.45, 7) is 1.72. The third kappa shape index (κ3) is 10.4. The van der Waals surface area contributed by atoms with Crippen LogP contribution in [0.5, 0.6) is 5.75 Å². The van der Waals surface area contributed by atoms with E-state index in [0.717, 1.165) is 11.8 Å². The van der Waals surface area contributed by atoms with Gasteiger partial charge in [-0.3, -0.25) is 0 Å². The Morgan fingerprint density at radius 2 is 2.00 bits per heavy atom. The third-order valence-electron chi connectivity index (χ3n) is 2.95. The SMILES string of the molecule is CCNC(=NCc1cc(C)ccc1OC(F)F)NCCS(C)(=O)=O.I. The minimum atomic E-state index is -3.08. The zero-order valence-corrected chi connectivity index (χ0v) is 17.5. The van der Waals surface area contributed by atoms with Crippen molar-refractivity contribution in [2.24, 2.45) is 4.99 Å². The maximum atomic E-state index is 12.5. The van der Waals surface area contributed by atoms with Crippen molar-refractivity contribution in [2.75, 3.05) is 25.1 Å². The summed E-state index contributed by atoms with van der Waals surface area (Å²) < 4.78 is 51.7. The van der Waals surface area contributed by atoms with Crippen molar-refractivity contribution in [1.29, 1.82) is 0 Å². The number of rotatable bonds is 8. The van der Waals surface area contributed by atoms with Gasteiger partial charge in [0.25, 0.3) is 0 Å². The Morgan fingerprint density at radius 1 is 1.32 bits per heavy atom. The molecule has 1 aromatic rings. The second kappa shape index (κ2) is 11.4. The smallest absolute Gasteiger partial charge is 0.387 e. The second-order valence-electron chi connectivity index (χ2n) is 5.24. The zero-order valence-electron chi connectivity index (χ0n) is 14.4. The minimum Gasteiger partial charge on any atom is -0.434 e. The molecule has 0 aliphatic carbocycles. The van der Waals surface area contributed by atoms with E-state index in [4.69, 9.17) is 0 Å². The van der Waals surface area contributed by atoms with Crippen molar-refractivity contribution in [2.45, 2.75) is 27.0 Å². The predicted molar refractivity (Wildman–Crippen MR) is 106 cm³/mol. The van der Waals surface area contributed by atoms with E-state index in [0.29, 0.717) is 18.1 Å². The Bertz CT molecular complexity index is 670. The van der Waals surface area contributed by atoms with Crippen molar-refractivity contribution in [3.05, 3.63) is 29.3 Å². The van der Waals surface area contributed by atoms with Crippen LogP contribution in [0.1, 0.15) is 18.1 Å². The molecule has 144 valence electrons. The van der Waals surface area contributed by atoms with E-state index >= 15 is 0 Å². The maximum Gasteiger partial charge on any atom is 0.387 e. The number of alkyl halides is 2. The fourth-order valence-electron chi connectivity index (χ4n) is 1.90. The quantitative estimate of drug-likeness (QED) is 0.332. The molecular weight excluding hydrogens is 467 g/mol. The first-order valence-electron chi connectivity index (χ1n) is 7.45. The Hall–Kier alpha value is -1.17. The van der Waals surface area contributed by atoms with Crippen LogP contribution in [0.4, 0.5) is 8.78 Å². The fraction of sp³-hybridized carbons (Fsp3) is 0.533. The predicted octanol–water partition coefficient (Wildman–Crippen LogP) is 2.31. The highest BCUT2D eigenvalue weighted by molar-refractivity contribution is 14.0. The van der Waals surface area contributed by atoms with E-state index in [1.165, 1.54) is 6.07 Å². The first-order valence-corrected chi connectivity index (χ1v) is 9.51. The lowest BCUT2D eigenvalue weighted by Gasteiger charge is -2.13. The molecule has 1 rings (SSSR count). The van der Waals surface area contributed by atoms with Crippen molar-refractivity contribution in [3.63, 3.8) is 0 Å². The number of ether oxygens (including phenoxy) is 1. The minimum absolute atomic E-state index is 0. The van der Waals surface area contributed by atoms with Gasteiger partial charge in [0.1, 0.15) is 15.6 Å². The van der Waals surface area contributed by atoms with Crippen LogP contribution >= 0.6 is 24.0 Å². The molecule has 0 atom stereocenters. The first-order chi connectivity index (χ1) is 11.2. The van der Waals surface area contributed by atoms with E-state index in [2.05, 4.69) is 20.4 Å². The van der Waals surface area contributed by atoms with Crippen LogP contribution in [0.2, 0.25) is 0 Å². The summed E-state index contributed by atoms with van der Waals surface area (Å²) in [7, 11) is -3.08. The number of nitrogens with one attached hydrogen (secondary N) is 2. The van der Waals surface area contributed by atoms with Gasteiger partial charge in [-0.05, 0) is 19.9 Å². The highest BCUT2D eigenvalue weighted by atomic mass is 127. The molecule has 0 bridgehead atoms. The van der Waals surface area contributed by atoms with Crippen LogP contribution < -0.4 is 15.4 Å². The fourth-order valence-corrected chi connectivity index (χ4v) is 2.38. The van der Waals surface area contributed by atoms with Gasteiger partial charge in [0.05, 0.1) is 12.3 Å². The van der Waals surface area contributed by atoms with Crippen LogP contribution in [-0.4, -0.2) is 46.1 Å². The lowest BCUT2D eigenvalue weighted by molar-refractivity contribution is -0.0504. The topological polar surface area (TPSA) is 79.8 Å². The molecule has 2 N–H and O–H groups in total. The number of aliphatic imine (C=N–C) groups is 1. The average molecular weight is 491 g/mol. The molecule has 0 saturated carbocycles. The van der Waals surface area contributed by atoms with Crippen molar-refractivity contribution >= 4 is 39.8 Å². The summed E-state index contributed by atoms with van der Waals surface area (Å²) in [5.41, 5.74) is 1.42. The molecule has 6 nitrogen and oxygen atoms in total. The number of hydrogen-bond donors (Lipinski definition) is 2. The van der Waals surface area contributed by atoms with Gasteiger partial charge in [0, 0.05) is 24.9 Å². The van der Waals surface area contributed by atoms with E-state index in [-0.39, 0.29) is 48.6 Å². The van der Waals surface area contributed by atoms with Crippen molar-refractivity contribution in [1.82, 2.24) is 10.6 Å². The Balaban J connectivity index is 0.00000576. The first kappa shape index (κ1) is 23.8. The van der Waals surface area contributed by atoms with Gasteiger partial charge in [-0.2, -0.15) is 8.78 Å². The number of nitrogens with zero attached hydrogens (tertiary/aromatic N) is 1. The molecule has 0 aromatic heterocycles. The van der Waals surface area contributed by atoms with Gasteiger partial charge in [-0.1, -0.05) is 17.7 Å². The molecule has 0 heterocycles. The van der Waals surface area contributed by atoms with Crippen LogP contribution in [0.15, 0.2) is 23.2 Å². The highest BCUT2D eigenvalue weighted by Gasteiger charge is 2.10. The molecule has 0 amide bonds. The molecular formula is C15H24F2IN3O3S. The lowest BCUT2D eigenvalue weighted by atomic mass is 10.1. The highest BCUT2D eigenvalue weighted by Crippen LogP contribution is 2.22. The summed E-state index contributed by atoms with van der Waals surface area (Å²) in [6, 6.07) is 4.89. The van der Waals surface area contributed by atoms with Gasteiger partial charge >= 0.3 is 6.61 Å². The maximum absolute atomic E-state index is 12.5. The van der Waals surface area contributed by atoms with Gasteiger partial charge < -0.3 is 15.4 Å². The van der Waals surface area contributed by atoms with Crippen LogP contribution in [0.25, 0.3) is 0 Å². The summed E-state index contributed by atoms with van der Waals surface area (Å²) in [5, 5.41) is 5.86. The molecule has 0 unspecified atom stereocenters. The summed E-state index contributed by atoms with van der Waals surface area (Å²) in [6.07, 6.45) is 1.15. The van der Waals surface area contributed by atoms with Gasteiger partial charge in [-0.25, -0.2) is 13.4 Å². The summed E-state index contributed by atoms with van der Waals surface area (Å²) in [5.74, 6) is 0.457. The molecule has 0 radical (unpaired) electrons. The molecule has 0 aliphatic rings. The van der Waals surface area contributed by atoms with Crippen molar-refractivity contribution in [3.8, 4) is 5.75 Å². The molecule has 0 fully saturated rings. The average Bonchev–Trinajstić information content (AvgIpc) is 2.45. The molecule has 25 heavy (non-hydrogen) atoms. The largest absolute Gasteiger partial charge is 0.434 e. The standard InChI is InChI=1S/C15H23F2N3O3S.HI/c1-4-18-15(19-7-8-24(3,21)22)20-10-12-9-11(2)5-6-13(12)23-14(16)17;/h5-6,9,14H,4,7-8,10H2,1-3H3,(H2,18,19,20);1H. The summed E-state index contributed by atoms with van der Waals surface area (Å²) in [4.78, 5) is 4.29. The Kier molecular flexibility index (Phi) is 10.9. The van der Waals surface area contributed by atoms with E-state index in [9.17, 15) is 17.2 Å². The molecule has 0 spiro atoms. The monoisotopic (exact) mass is 491 g/mol. The van der Waals surface area contributed by atoms with Gasteiger partial charge in [0.15, 0.2) is 5.96 Å². The molecule has 1 aromatic carbocycles. The van der Waals surface area contributed by atoms with Crippen molar-refractivity contribution < 1.29 is 21.9 Å². The Morgan fingerprint density at radius 3 is 2.56 bits per heavy atom. The van der Waals surface area contributed by atoms with E-state index < -0.39 is 16.4 Å². The number of sulfone groups is 1. The number of guanidine groups is 1. The van der Waals surface area contributed by atoms with Crippen LogP contribution in [-0.2, 0) is 16.4 Å². The lowest BCUT2D eigenvalue weighted by Crippen LogP contribution is -2.39. The molecule has 0 saturated heterocycles. The van der Waals surface area contributed by atoms with E-state index in [1.807, 2.05) is 13.8 Å². The zero-order chi connectivity index (χ0) is 18.2. The number of benzene rings is 1. The number of halogens is 3. The number of hydrogen-bond acceptors (Lipinski definition) is 4. The van der Waals surface area contributed by atoms with Crippen LogP contribution in [0.3, 0.4) is 0 Å². The Labute approximate surface area is 164 Å². The molecule has 0 aliphatic heterocycles. The molecule has 10 heteroatoms.